The first-order chi connectivity index (χ1) is 10.0. The normalized spacial score (nSPS) is 19.6. The van der Waals surface area contributed by atoms with Gasteiger partial charge in [-0.1, -0.05) is 37.3 Å². The molecule has 1 amide bonds. The van der Waals surface area contributed by atoms with Crippen LogP contribution in [0.3, 0.4) is 0 Å². The number of benzene rings is 1. The fourth-order valence-electron chi connectivity index (χ4n) is 2.61. The van der Waals surface area contributed by atoms with Crippen molar-refractivity contribution < 1.29 is 13.2 Å². The average molecular weight is 310 g/mol. The highest BCUT2D eigenvalue weighted by Gasteiger charge is 2.37. The average Bonchev–Trinajstić information content (AvgIpc) is 2.96. The molecule has 116 valence electrons. The van der Waals surface area contributed by atoms with E-state index in [1.54, 1.807) is 0 Å². The van der Waals surface area contributed by atoms with Crippen molar-refractivity contribution in [3.8, 4) is 0 Å². The van der Waals surface area contributed by atoms with Crippen molar-refractivity contribution in [3.05, 3.63) is 35.9 Å². The van der Waals surface area contributed by atoms with Gasteiger partial charge < -0.3 is 5.32 Å². The third kappa shape index (κ3) is 4.04. The molecule has 6 heteroatoms. The molecule has 1 aromatic rings. The minimum absolute atomic E-state index is 0.107. The van der Waals surface area contributed by atoms with Gasteiger partial charge in [0.1, 0.15) is 6.04 Å². The topological polar surface area (TPSA) is 66.5 Å². The molecule has 0 aliphatic carbocycles. The smallest absolute Gasteiger partial charge is 0.238 e. The van der Waals surface area contributed by atoms with Crippen molar-refractivity contribution in [2.24, 2.45) is 0 Å². The number of sulfonamides is 1. The van der Waals surface area contributed by atoms with Crippen molar-refractivity contribution in [1.29, 1.82) is 0 Å². The zero-order chi connectivity index (χ0) is 15.3. The number of nitrogens with one attached hydrogen (secondary N) is 1. The minimum atomic E-state index is -3.31. The van der Waals surface area contributed by atoms with Crippen LogP contribution in [0.25, 0.3) is 0 Å². The number of hydrogen-bond donors (Lipinski definition) is 1. The maximum Gasteiger partial charge on any atom is 0.238 e. The summed E-state index contributed by atoms with van der Waals surface area (Å²) in [4.78, 5) is 12.3. The molecule has 1 fully saturated rings. The summed E-state index contributed by atoms with van der Waals surface area (Å²) < 4.78 is 25.7. The molecular formula is C15H22N2O3S. The van der Waals surface area contributed by atoms with Gasteiger partial charge in [-0.2, -0.15) is 4.31 Å². The number of hydrogen-bond acceptors (Lipinski definition) is 3. The molecule has 1 heterocycles. The van der Waals surface area contributed by atoms with Crippen LogP contribution in [0.2, 0.25) is 0 Å². The maximum atomic E-state index is 12.3. The van der Waals surface area contributed by atoms with E-state index in [0.29, 0.717) is 25.9 Å². The van der Waals surface area contributed by atoms with Gasteiger partial charge in [0.05, 0.1) is 5.75 Å². The summed E-state index contributed by atoms with van der Waals surface area (Å²) in [7, 11) is -3.31. The van der Waals surface area contributed by atoms with E-state index >= 15 is 0 Å². The number of carbonyl (C=O) groups excluding carboxylic acids is 1. The second-order valence-corrected chi connectivity index (χ2v) is 7.33. The fraction of sp³-hybridized carbons (Fsp3) is 0.533. The van der Waals surface area contributed by atoms with Crippen LogP contribution in [-0.2, 0) is 21.4 Å². The molecule has 1 saturated heterocycles. The first-order valence-corrected chi connectivity index (χ1v) is 8.96. The largest absolute Gasteiger partial charge is 0.351 e. The van der Waals surface area contributed by atoms with Crippen molar-refractivity contribution in [2.45, 2.75) is 38.8 Å². The highest BCUT2D eigenvalue weighted by molar-refractivity contribution is 7.89. The quantitative estimate of drug-likeness (QED) is 0.866. The molecule has 1 aliphatic rings. The molecule has 2 rings (SSSR count). The highest BCUT2D eigenvalue weighted by atomic mass is 32.2. The first-order valence-electron chi connectivity index (χ1n) is 7.35. The summed E-state index contributed by atoms with van der Waals surface area (Å²) >= 11 is 0. The molecule has 1 aliphatic heterocycles. The summed E-state index contributed by atoms with van der Waals surface area (Å²) in [5, 5.41) is 2.84. The Hall–Kier alpha value is -1.40. The van der Waals surface area contributed by atoms with Crippen LogP contribution in [0.5, 0.6) is 0 Å². The molecule has 1 aromatic carbocycles. The number of nitrogens with zero attached hydrogens (tertiary/aromatic N) is 1. The van der Waals surface area contributed by atoms with E-state index in [0.717, 1.165) is 12.0 Å². The Labute approximate surface area is 126 Å². The molecule has 0 unspecified atom stereocenters. The minimum Gasteiger partial charge on any atom is -0.351 e. The van der Waals surface area contributed by atoms with Gasteiger partial charge in [0.15, 0.2) is 0 Å². The van der Waals surface area contributed by atoms with Crippen LogP contribution in [0, 0.1) is 0 Å². The summed E-state index contributed by atoms with van der Waals surface area (Å²) in [6, 6.07) is 9.05. The standard InChI is InChI=1S/C15H22N2O3S/c1-2-11-21(19,20)17-10-6-9-14(17)15(18)16-12-13-7-4-3-5-8-13/h3-5,7-8,14H,2,6,9-12H2,1H3,(H,16,18)/t14-/m0/s1. The Morgan fingerprint density at radius 3 is 2.71 bits per heavy atom. The van der Waals surface area contributed by atoms with Crippen LogP contribution in [0.1, 0.15) is 31.7 Å². The Kier molecular flexibility index (Phi) is 5.36. The molecule has 1 atom stereocenters. The molecule has 0 spiro atoms. The summed E-state index contributed by atoms with van der Waals surface area (Å²) in [5.74, 6) is -0.0915. The van der Waals surface area contributed by atoms with E-state index in [2.05, 4.69) is 5.32 Å². The van der Waals surface area contributed by atoms with E-state index < -0.39 is 16.1 Å². The zero-order valence-corrected chi connectivity index (χ0v) is 13.1. The van der Waals surface area contributed by atoms with Crippen LogP contribution < -0.4 is 5.32 Å². The second kappa shape index (κ2) is 7.04. The van der Waals surface area contributed by atoms with Gasteiger partial charge in [0.2, 0.25) is 15.9 Å². The predicted molar refractivity (Wildman–Crippen MR) is 82.1 cm³/mol. The van der Waals surface area contributed by atoms with Gasteiger partial charge in [-0.05, 0) is 24.8 Å². The van der Waals surface area contributed by atoms with E-state index in [4.69, 9.17) is 0 Å². The van der Waals surface area contributed by atoms with Crippen molar-refractivity contribution >= 4 is 15.9 Å². The van der Waals surface area contributed by atoms with Gasteiger partial charge in [-0.25, -0.2) is 8.42 Å². The molecule has 0 saturated carbocycles. The summed E-state index contributed by atoms with van der Waals surface area (Å²) in [6.07, 6.45) is 1.91. The van der Waals surface area contributed by atoms with Gasteiger partial charge >= 0.3 is 0 Å². The number of carbonyl (C=O) groups is 1. The molecule has 0 aromatic heterocycles. The van der Waals surface area contributed by atoms with Crippen LogP contribution in [0.15, 0.2) is 30.3 Å². The van der Waals surface area contributed by atoms with Gasteiger partial charge in [0, 0.05) is 13.1 Å². The van der Waals surface area contributed by atoms with E-state index in [1.807, 2.05) is 37.3 Å². The van der Waals surface area contributed by atoms with Crippen LogP contribution in [-0.4, -0.2) is 37.0 Å². The van der Waals surface area contributed by atoms with E-state index in [-0.39, 0.29) is 11.7 Å². The lowest BCUT2D eigenvalue weighted by atomic mass is 10.2. The lowest BCUT2D eigenvalue weighted by Gasteiger charge is -2.23. The maximum absolute atomic E-state index is 12.3. The lowest BCUT2D eigenvalue weighted by Crippen LogP contribution is -2.46. The zero-order valence-electron chi connectivity index (χ0n) is 12.3. The molecular weight excluding hydrogens is 288 g/mol. The van der Waals surface area contributed by atoms with Gasteiger partial charge in [0.25, 0.3) is 0 Å². The lowest BCUT2D eigenvalue weighted by molar-refractivity contribution is -0.124. The Morgan fingerprint density at radius 2 is 2.05 bits per heavy atom. The van der Waals surface area contributed by atoms with Crippen molar-refractivity contribution in [3.63, 3.8) is 0 Å². The predicted octanol–water partition coefficient (Wildman–Crippen LogP) is 1.51. The van der Waals surface area contributed by atoms with E-state index in [9.17, 15) is 13.2 Å². The third-order valence-electron chi connectivity index (χ3n) is 3.64. The highest BCUT2D eigenvalue weighted by Crippen LogP contribution is 2.22. The third-order valence-corrected chi connectivity index (χ3v) is 5.71. The number of amides is 1. The molecule has 1 N–H and O–H groups in total. The van der Waals surface area contributed by atoms with Crippen LogP contribution >= 0.6 is 0 Å². The Bertz CT molecular complexity index is 572. The molecule has 21 heavy (non-hydrogen) atoms. The Morgan fingerprint density at radius 1 is 1.33 bits per heavy atom. The molecule has 5 nitrogen and oxygen atoms in total. The van der Waals surface area contributed by atoms with Crippen molar-refractivity contribution in [2.75, 3.05) is 12.3 Å². The number of rotatable bonds is 6. The van der Waals surface area contributed by atoms with Gasteiger partial charge in [-0.15, -0.1) is 0 Å². The SMILES string of the molecule is CCCS(=O)(=O)N1CCC[C@H]1C(=O)NCc1ccccc1. The molecule has 0 radical (unpaired) electrons. The monoisotopic (exact) mass is 310 g/mol. The first kappa shape index (κ1) is 16.0. The van der Waals surface area contributed by atoms with Gasteiger partial charge in [-0.3, -0.25) is 4.79 Å². The summed E-state index contributed by atoms with van der Waals surface area (Å²) in [5.41, 5.74) is 1.01. The van der Waals surface area contributed by atoms with Crippen molar-refractivity contribution in [1.82, 2.24) is 9.62 Å². The summed E-state index contributed by atoms with van der Waals surface area (Å²) in [6.45, 7) is 2.71. The second-order valence-electron chi connectivity index (χ2n) is 5.29. The molecule has 0 bridgehead atoms. The fourth-order valence-corrected chi connectivity index (χ4v) is 4.36. The Balaban J connectivity index is 1.98. The van der Waals surface area contributed by atoms with Crippen LogP contribution in [0.4, 0.5) is 0 Å². The van der Waals surface area contributed by atoms with E-state index in [1.165, 1.54) is 4.31 Å².